The number of fused-ring (bicyclic) bond motifs is 1. The second-order valence-electron chi connectivity index (χ2n) is 4.10. The van der Waals surface area contributed by atoms with E-state index in [-0.39, 0.29) is 5.82 Å². The highest BCUT2D eigenvalue weighted by Gasteiger charge is 2.04. The summed E-state index contributed by atoms with van der Waals surface area (Å²) in [7, 11) is 0. The first-order valence-electron chi connectivity index (χ1n) is 5.56. The van der Waals surface area contributed by atoms with E-state index in [4.69, 9.17) is 0 Å². The first-order chi connectivity index (χ1) is 8.76. The predicted molar refractivity (Wildman–Crippen MR) is 79.2 cm³/mol. The number of hydrogen-bond acceptors (Lipinski definition) is 1. The molecular formula is C14H10FIN2. The third-order valence-electron chi connectivity index (χ3n) is 2.83. The van der Waals surface area contributed by atoms with Crippen molar-refractivity contribution in [3.63, 3.8) is 0 Å². The summed E-state index contributed by atoms with van der Waals surface area (Å²) in [6.07, 6.45) is 1.77. The van der Waals surface area contributed by atoms with Gasteiger partial charge in [0.05, 0.1) is 0 Å². The number of H-pyrrole nitrogens is 1. The van der Waals surface area contributed by atoms with Crippen molar-refractivity contribution in [2.45, 2.75) is 4.43 Å². The number of hydrogen-bond donors (Lipinski definition) is 1. The molecule has 3 rings (SSSR count). The Kier molecular flexibility index (Phi) is 3.03. The summed E-state index contributed by atoms with van der Waals surface area (Å²) in [5.74, 6) is -0.227. The molecule has 0 saturated heterocycles. The van der Waals surface area contributed by atoms with Gasteiger partial charge < -0.3 is 4.98 Å². The molecule has 2 nitrogen and oxygen atoms in total. The van der Waals surface area contributed by atoms with E-state index in [0.29, 0.717) is 0 Å². The van der Waals surface area contributed by atoms with Crippen LogP contribution >= 0.6 is 22.6 Å². The van der Waals surface area contributed by atoms with Crippen LogP contribution in [0.15, 0.2) is 42.6 Å². The lowest BCUT2D eigenvalue weighted by Crippen LogP contribution is -1.83. The fourth-order valence-corrected chi connectivity index (χ4v) is 2.38. The van der Waals surface area contributed by atoms with Gasteiger partial charge in [0.15, 0.2) is 0 Å². The van der Waals surface area contributed by atoms with Crippen LogP contribution in [-0.2, 0) is 4.43 Å². The molecule has 0 radical (unpaired) electrons. The summed E-state index contributed by atoms with van der Waals surface area (Å²) in [6.45, 7) is 0. The maximum atomic E-state index is 13.2. The van der Waals surface area contributed by atoms with Crippen molar-refractivity contribution >= 4 is 33.6 Å². The topological polar surface area (TPSA) is 28.7 Å². The molecule has 0 aliphatic heterocycles. The summed E-state index contributed by atoms with van der Waals surface area (Å²) in [4.78, 5) is 7.62. The van der Waals surface area contributed by atoms with E-state index >= 15 is 0 Å². The van der Waals surface area contributed by atoms with Gasteiger partial charge in [-0.15, -0.1) is 0 Å². The van der Waals surface area contributed by atoms with Crippen LogP contribution in [0.5, 0.6) is 0 Å². The van der Waals surface area contributed by atoms with Crippen molar-refractivity contribution in [1.29, 1.82) is 0 Å². The van der Waals surface area contributed by atoms with Crippen molar-refractivity contribution in [3.05, 3.63) is 54.1 Å². The van der Waals surface area contributed by atoms with Gasteiger partial charge in [-0.1, -0.05) is 34.7 Å². The van der Waals surface area contributed by atoms with Gasteiger partial charge in [0.2, 0.25) is 0 Å². The molecule has 2 aromatic heterocycles. The quantitative estimate of drug-likeness (QED) is 0.541. The Morgan fingerprint density at radius 2 is 2.06 bits per heavy atom. The first-order valence-corrected chi connectivity index (χ1v) is 7.08. The zero-order valence-corrected chi connectivity index (χ0v) is 11.6. The Balaban J connectivity index is 2.12. The zero-order valence-electron chi connectivity index (χ0n) is 9.45. The lowest BCUT2D eigenvalue weighted by Gasteiger charge is -2.01. The van der Waals surface area contributed by atoms with Crippen LogP contribution in [0.3, 0.4) is 0 Å². The summed E-state index contributed by atoms with van der Waals surface area (Å²) >= 11 is 2.30. The lowest BCUT2D eigenvalue weighted by molar-refractivity contribution is 0.628. The van der Waals surface area contributed by atoms with Crippen molar-refractivity contribution in [2.24, 2.45) is 0 Å². The molecule has 0 amide bonds. The first kappa shape index (κ1) is 11.6. The van der Waals surface area contributed by atoms with Gasteiger partial charge in [-0.2, -0.15) is 0 Å². The number of halogens is 2. The molecule has 0 unspecified atom stereocenters. The van der Waals surface area contributed by atoms with Crippen LogP contribution in [0.1, 0.15) is 5.69 Å². The van der Waals surface area contributed by atoms with E-state index in [1.54, 1.807) is 12.3 Å². The van der Waals surface area contributed by atoms with Crippen molar-refractivity contribution in [3.8, 4) is 11.1 Å². The molecule has 0 aliphatic rings. The number of pyridine rings is 1. The Bertz CT molecular complexity index is 706. The SMILES string of the molecule is Fc1cccc(-c2cnc3[nH]c(CI)cc3c2)c1. The molecule has 90 valence electrons. The average molecular weight is 352 g/mol. The van der Waals surface area contributed by atoms with E-state index in [2.05, 4.69) is 38.6 Å². The zero-order chi connectivity index (χ0) is 12.5. The number of rotatable bonds is 2. The van der Waals surface area contributed by atoms with Crippen LogP contribution in [0.25, 0.3) is 22.2 Å². The van der Waals surface area contributed by atoms with E-state index in [0.717, 1.165) is 32.3 Å². The fourth-order valence-electron chi connectivity index (χ4n) is 1.97. The van der Waals surface area contributed by atoms with Gasteiger partial charge in [-0.05, 0) is 29.8 Å². The van der Waals surface area contributed by atoms with Gasteiger partial charge in [-0.25, -0.2) is 9.37 Å². The second kappa shape index (κ2) is 4.68. The average Bonchev–Trinajstić information content (AvgIpc) is 2.80. The molecule has 0 bridgehead atoms. The van der Waals surface area contributed by atoms with Crippen molar-refractivity contribution in [2.75, 3.05) is 0 Å². The van der Waals surface area contributed by atoms with E-state index in [1.807, 2.05) is 12.1 Å². The van der Waals surface area contributed by atoms with Crippen molar-refractivity contribution < 1.29 is 4.39 Å². The minimum absolute atomic E-state index is 0.227. The maximum absolute atomic E-state index is 13.2. The number of aromatic nitrogens is 2. The standard InChI is InChI=1S/C14H10FIN2/c15-12-3-1-2-9(5-12)11-4-10-6-13(7-16)18-14(10)17-8-11/h1-6,8H,7H2,(H,17,18). The molecule has 1 N–H and O–H groups in total. The van der Waals surface area contributed by atoms with Crippen LogP contribution in [-0.4, -0.2) is 9.97 Å². The largest absolute Gasteiger partial charge is 0.343 e. The van der Waals surface area contributed by atoms with E-state index < -0.39 is 0 Å². The van der Waals surface area contributed by atoms with Gasteiger partial charge in [0, 0.05) is 27.3 Å². The van der Waals surface area contributed by atoms with Crippen LogP contribution in [0.2, 0.25) is 0 Å². The molecule has 0 spiro atoms. The highest BCUT2D eigenvalue weighted by atomic mass is 127. The van der Waals surface area contributed by atoms with Crippen molar-refractivity contribution in [1.82, 2.24) is 9.97 Å². The number of aromatic amines is 1. The van der Waals surface area contributed by atoms with Gasteiger partial charge >= 0.3 is 0 Å². The fraction of sp³-hybridized carbons (Fsp3) is 0.0714. The smallest absolute Gasteiger partial charge is 0.137 e. The number of benzene rings is 1. The Hall–Kier alpha value is -1.43. The van der Waals surface area contributed by atoms with Crippen LogP contribution in [0, 0.1) is 5.82 Å². The maximum Gasteiger partial charge on any atom is 0.137 e. The van der Waals surface area contributed by atoms with E-state index in [9.17, 15) is 4.39 Å². The molecular weight excluding hydrogens is 342 g/mol. The number of nitrogens with zero attached hydrogens (tertiary/aromatic N) is 1. The minimum atomic E-state index is -0.227. The van der Waals surface area contributed by atoms with Gasteiger partial charge in [-0.3, -0.25) is 0 Å². The Morgan fingerprint density at radius 3 is 2.83 bits per heavy atom. The third-order valence-corrected chi connectivity index (χ3v) is 3.65. The summed E-state index contributed by atoms with van der Waals surface area (Å²) < 4.78 is 14.1. The molecule has 0 aliphatic carbocycles. The molecule has 0 saturated carbocycles. The molecule has 0 atom stereocenters. The summed E-state index contributed by atoms with van der Waals surface area (Å²) in [6, 6.07) is 10.7. The second-order valence-corrected chi connectivity index (χ2v) is 4.86. The summed E-state index contributed by atoms with van der Waals surface area (Å²) in [5, 5.41) is 1.06. The molecule has 3 aromatic rings. The number of nitrogens with one attached hydrogen (secondary N) is 1. The van der Waals surface area contributed by atoms with Crippen LogP contribution in [0.4, 0.5) is 4.39 Å². The molecule has 4 heteroatoms. The highest BCUT2D eigenvalue weighted by Crippen LogP contribution is 2.24. The number of alkyl halides is 1. The Labute approximate surface area is 117 Å². The molecule has 1 aromatic carbocycles. The lowest BCUT2D eigenvalue weighted by atomic mass is 10.1. The molecule has 2 heterocycles. The normalized spacial score (nSPS) is 11.0. The monoisotopic (exact) mass is 352 g/mol. The summed E-state index contributed by atoms with van der Waals surface area (Å²) in [5.41, 5.74) is 3.80. The highest BCUT2D eigenvalue weighted by molar-refractivity contribution is 14.1. The van der Waals surface area contributed by atoms with E-state index in [1.165, 1.54) is 12.1 Å². The van der Waals surface area contributed by atoms with Crippen LogP contribution < -0.4 is 0 Å². The molecule has 0 fully saturated rings. The minimum Gasteiger partial charge on any atom is -0.343 e. The van der Waals surface area contributed by atoms with Gasteiger partial charge in [0.1, 0.15) is 11.5 Å². The third kappa shape index (κ3) is 2.12. The van der Waals surface area contributed by atoms with Gasteiger partial charge in [0.25, 0.3) is 0 Å². The Morgan fingerprint density at radius 1 is 1.17 bits per heavy atom. The predicted octanol–water partition coefficient (Wildman–Crippen LogP) is 4.30. The molecule has 18 heavy (non-hydrogen) atoms.